The smallest absolute Gasteiger partial charge is 0.231 e. The summed E-state index contributed by atoms with van der Waals surface area (Å²) >= 11 is 3.98. The highest BCUT2D eigenvalue weighted by Crippen LogP contribution is 2.06. The molecule has 0 aliphatic rings. The molecule has 1 aromatic rings. The number of nitrogens with one attached hydrogen (secondary N) is 1. The van der Waals surface area contributed by atoms with Gasteiger partial charge in [-0.3, -0.25) is 14.7 Å². The Labute approximate surface area is 69.2 Å². The van der Waals surface area contributed by atoms with E-state index < -0.39 is 0 Å². The Morgan fingerprint density at radius 1 is 1.64 bits per heavy atom. The molecule has 0 saturated carbocycles. The van der Waals surface area contributed by atoms with E-state index >= 15 is 0 Å². The van der Waals surface area contributed by atoms with Gasteiger partial charge in [0.2, 0.25) is 11.9 Å². The zero-order valence-electron chi connectivity index (χ0n) is 6.20. The van der Waals surface area contributed by atoms with E-state index in [0.717, 1.165) is 0 Å². The second kappa shape index (κ2) is 2.91. The molecule has 1 rings (SSSR count). The Kier molecular flexibility index (Phi) is 2.13. The van der Waals surface area contributed by atoms with Crippen molar-refractivity contribution in [3.8, 4) is 0 Å². The first kappa shape index (κ1) is 8.06. The third-order valence-electron chi connectivity index (χ3n) is 1.14. The molecule has 11 heavy (non-hydrogen) atoms. The molecule has 0 fully saturated rings. The number of nitrogens with zero attached hydrogens (tertiary/aromatic N) is 3. The van der Waals surface area contributed by atoms with Gasteiger partial charge in [-0.05, 0) is 0 Å². The summed E-state index contributed by atoms with van der Waals surface area (Å²) in [4.78, 5) is 10.6. The Morgan fingerprint density at radius 2 is 2.27 bits per heavy atom. The minimum Gasteiger partial charge on any atom is -0.295 e. The largest absolute Gasteiger partial charge is 0.295 e. The highest BCUT2D eigenvalue weighted by atomic mass is 32.1. The predicted molar refractivity (Wildman–Crippen MR) is 42.6 cm³/mol. The molecule has 0 aromatic carbocycles. The summed E-state index contributed by atoms with van der Waals surface area (Å²) in [5.41, 5.74) is 0. The van der Waals surface area contributed by atoms with Crippen LogP contribution in [0.15, 0.2) is 5.16 Å². The molecule has 5 nitrogen and oxygen atoms in total. The summed E-state index contributed by atoms with van der Waals surface area (Å²) in [7, 11) is 1.72. The number of carbonyl (C=O) groups is 1. The quantitative estimate of drug-likeness (QED) is 0.589. The first-order valence-electron chi connectivity index (χ1n) is 2.97. The van der Waals surface area contributed by atoms with Crippen LogP contribution in [-0.4, -0.2) is 20.7 Å². The van der Waals surface area contributed by atoms with E-state index in [2.05, 4.69) is 28.1 Å². The first-order chi connectivity index (χ1) is 5.11. The lowest BCUT2D eigenvalue weighted by Crippen LogP contribution is -2.10. The molecule has 0 saturated heterocycles. The number of carbonyl (C=O) groups excluding carboxylic acids is 1. The number of anilines is 1. The Bertz CT molecular complexity index is 282. The molecule has 60 valence electrons. The predicted octanol–water partition coefficient (Wildman–Crippen LogP) is 0.0622. The molecule has 0 atom stereocenters. The number of rotatable bonds is 1. The minimum absolute atomic E-state index is 0.172. The van der Waals surface area contributed by atoms with Crippen LogP contribution in [-0.2, 0) is 11.8 Å². The molecule has 0 aliphatic heterocycles. The summed E-state index contributed by atoms with van der Waals surface area (Å²) < 4.78 is 1.57. The van der Waals surface area contributed by atoms with Gasteiger partial charge in [-0.2, -0.15) is 0 Å². The second-order valence-electron chi connectivity index (χ2n) is 2.06. The van der Waals surface area contributed by atoms with Crippen LogP contribution >= 0.6 is 12.6 Å². The SMILES string of the molecule is CC(=O)Nc1nnc(S)n1C. The summed E-state index contributed by atoms with van der Waals surface area (Å²) in [6, 6.07) is 0. The van der Waals surface area contributed by atoms with Crippen LogP contribution in [0.4, 0.5) is 5.95 Å². The third kappa shape index (κ3) is 1.70. The van der Waals surface area contributed by atoms with E-state index in [1.807, 2.05) is 0 Å². The van der Waals surface area contributed by atoms with E-state index in [4.69, 9.17) is 0 Å². The molecule has 1 heterocycles. The molecule has 1 aromatic heterocycles. The lowest BCUT2D eigenvalue weighted by Gasteiger charge is -1.99. The van der Waals surface area contributed by atoms with E-state index in [-0.39, 0.29) is 5.91 Å². The van der Waals surface area contributed by atoms with Crippen molar-refractivity contribution >= 4 is 24.5 Å². The van der Waals surface area contributed by atoms with Crippen LogP contribution in [0.25, 0.3) is 0 Å². The molecular weight excluding hydrogens is 164 g/mol. The zero-order chi connectivity index (χ0) is 8.43. The number of amides is 1. The summed E-state index contributed by atoms with van der Waals surface area (Å²) in [6.45, 7) is 1.41. The fourth-order valence-corrected chi connectivity index (χ4v) is 0.727. The van der Waals surface area contributed by atoms with Gasteiger partial charge in [-0.1, -0.05) is 0 Å². The molecular formula is C5H8N4OS. The molecule has 6 heteroatoms. The number of hydrogen-bond acceptors (Lipinski definition) is 4. The van der Waals surface area contributed by atoms with Crippen molar-refractivity contribution in [1.29, 1.82) is 0 Å². The minimum atomic E-state index is -0.172. The van der Waals surface area contributed by atoms with Gasteiger partial charge >= 0.3 is 0 Å². The molecule has 1 amide bonds. The van der Waals surface area contributed by atoms with Crippen molar-refractivity contribution in [2.24, 2.45) is 7.05 Å². The Balaban J connectivity index is 2.87. The van der Waals surface area contributed by atoms with E-state index in [1.54, 1.807) is 11.6 Å². The topological polar surface area (TPSA) is 59.8 Å². The first-order valence-corrected chi connectivity index (χ1v) is 3.42. The van der Waals surface area contributed by atoms with Crippen molar-refractivity contribution in [3.63, 3.8) is 0 Å². The van der Waals surface area contributed by atoms with Gasteiger partial charge in [-0.15, -0.1) is 22.8 Å². The zero-order valence-corrected chi connectivity index (χ0v) is 7.09. The summed E-state index contributed by atoms with van der Waals surface area (Å²) in [5.74, 6) is 0.233. The fourth-order valence-electron chi connectivity index (χ4n) is 0.587. The van der Waals surface area contributed by atoms with Crippen molar-refractivity contribution in [3.05, 3.63) is 0 Å². The third-order valence-corrected chi connectivity index (χ3v) is 1.53. The van der Waals surface area contributed by atoms with Gasteiger partial charge in [0, 0.05) is 14.0 Å². The van der Waals surface area contributed by atoms with Crippen LogP contribution in [0.1, 0.15) is 6.92 Å². The molecule has 0 spiro atoms. The lowest BCUT2D eigenvalue weighted by atomic mass is 10.7. The van der Waals surface area contributed by atoms with Crippen molar-refractivity contribution < 1.29 is 4.79 Å². The monoisotopic (exact) mass is 172 g/mol. The van der Waals surface area contributed by atoms with Crippen molar-refractivity contribution in [1.82, 2.24) is 14.8 Å². The van der Waals surface area contributed by atoms with Crippen LogP contribution in [0, 0.1) is 0 Å². The average molecular weight is 172 g/mol. The van der Waals surface area contributed by atoms with Crippen molar-refractivity contribution in [2.45, 2.75) is 12.1 Å². The van der Waals surface area contributed by atoms with Crippen molar-refractivity contribution in [2.75, 3.05) is 5.32 Å². The Morgan fingerprint density at radius 3 is 2.64 bits per heavy atom. The number of hydrogen-bond donors (Lipinski definition) is 2. The molecule has 1 N–H and O–H groups in total. The van der Waals surface area contributed by atoms with Crippen LogP contribution in [0.2, 0.25) is 0 Å². The normalized spacial score (nSPS) is 9.73. The molecule has 0 aliphatic carbocycles. The standard InChI is InChI=1S/C5H8N4OS/c1-3(10)6-4-7-8-5(11)9(4)2/h1-2H3,(H,8,11)(H,6,7,10). The van der Waals surface area contributed by atoms with Crippen LogP contribution in [0.3, 0.4) is 0 Å². The van der Waals surface area contributed by atoms with Gasteiger partial charge in [0.25, 0.3) is 0 Å². The molecule has 0 radical (unpaired) electrons. The average Bonchev–Trinajstić information content (AvgIpc) is 2.18. The number of aromatic nitrogens is 3. The summed E-state index contributed by atoms with van der Waals surface area (Å²) in [6.07, 6.45) is 0. The maximum Gasteiger partial charge on any atom is 0.231 e. The maximum atomic E-state index is 10.6. The maximum absolute atomic E-state index is 10.6. The highest BCUT2D eigenvalue weighted by molar-refractivity contribution is 7.80. The Hall–Kier alpha value is -1.04. The lowest BCUT2D eigenvalue weighted by molar-refractivity contribution is -0.114. The number of thiol groups is 1. The fraction of sp³-hybridized carbons (Fsp3) is 0.400. The van der Waals surface area contributed by atoms with Gasteiger partial charge in [0.1, 0.15) is 0 Å². The summed E-state index contributed by atoms with van der Waals surface area (Å²) in [5, 5.41) is 10.3. The van der Waals surface area contributed by atoms with Gasteiger partial charge < -0.3 is 0 Å². The van der Waals surface area contributed by atoms with Crippen LogP contribution < -0.4 is 5.32 Å². The highest BCUT2D eigenvalue weighted by Gasteiger charge is 2.04. The molecule has 0 unspecified atom stereocenters. The van der Waals surface area contributed by atoms with E-state index in [0.29, 0.717) is 11.1 Å². The van der Waals surface area contributed by atoms with E-state index in [1.165, 1.54) is 6.92 Å². The van der Waals surface area contributed by atoms with E-state index in [9.17, 15) is 4.79 Å². The van der Waals surface area contributed by atoms with Crippen LogP contribution in [0.5, 0.6) is 0 Å². The van der Waals surface area contributed by atoms with Gasteiger partial charge in [0.15, 0.2) is 5.16 Å². The van der Waals surface area contributed by atoms with Gasteiger partial charge in [0.05, 0.1) is 0 Å². The molecule has 0 bridgehead atoms. The second-order valence-corrected chi connectivity index (χ2v) is 2.46. The van der Waals surface area contributed by atoms with Gasteiger partial charge in [-0.25, -0.2) is 0 Å².